The number of benzene rings is 10. The van der Waals surface area contributed by atoms with Crippen molar-refractivity contribution in [3.63, 3.8) is 0 Å². The molecule has 3 heterocycles. The first-order valence-electron chi connectivity index (χ1n) is 23.6. The highest BCUT2D eigenvalue weighted by atomic mass is 15.0. The average Bonchev–Trinajstić information content (AvgIpc) is 3.74. The standard InChI is InChI=1S/C62H43N5/c1-2-18-44(19-3-1)67-57-30-28-40(38-14-12-16-42(32-38)55-36-63-59-49-24-8-4-20-45(49)47-22-6-10-26-51(47)61(59)65-55)34-53(57)54-35-41(29-31-58(54)67)39-15-13-17-43(33-39)56-37-64-60-50-25-9-5-21-46(50)48-23-7-11-27-52(48)62(60)66-56/h4-17,20-37,44H,1-3,18-19H2. The third-order valence-electron chi connectivity index (χ3n) is 14.6. The van der Waals surface area contributed by atoms with Gasteiger partial charge in [-0.3, -0.25) is 9.97 Å². The van der Waals surface area contributed by atoms with Crippen molar-refractivity contribution < 1.29 is 0 Å². The van der Waals surface area contributed by atoms with Gasteiger partial charge in [-0.15, -0.1) is 0 Å². The highest BCUT2D eigenvalue weighted by Gasteiger charge is 2.22. The van der Waals surface area contributed by atoms with Crippen LogP contribution < -0.4 is 0 Å². The van der Waals surface area contributed by atoms with Gasteiger partial charge in [0.05, 0.1) is 45.8 Å². The Morgan fingerprint density at radius 1 is 0.313 bits per heavy atom. The summed E-state index contributed by atoms with van der Waals surface area (Å²) in [4.78, 5) is 20.8. The molecule has 10 aromatic carbocycles. The Kier molecular flexibility index (Phi) is 8.60. The number of rotatable bonds is 5. The lowest BCUT2D eigenvalue weighted by atomic mass is 9.95. The van der Waals surface area contributed by atoms with Gasteiger partial charge in [-0.2, -0.15) is 0 Å². The summed E-state index contributed by atoms with van der Waals surface area (Å²) in [6.07, 6.45) is 10.2. The van der Waals surface area contributed by atoms with Gasteiger partial charge in [0.25, 0.3) is 0 Å². The molecule has 0 spiro atoms. The fraction of sp³-hybridized carbons (Fsp3) is 0.0968. The molecule has 0 atom stereocenters. The van der Waals surface area contributed by atoms with Crippen LogP contribution in [0.1, 0.15) is 38.1 Å². The summed E-state index contributed by atoms with van der Waals surface area (Å²) < 4.78 is 2.65. The fourth-order valence-corrected chi connectivity index (χ4v) is 11.4. The van der Waals surface area contributed by atoms with Gasteiger partial charge < -0.3 is 4.57 Å². The van der Waals surface area contributed by atoms with Gasteiger partial charge in [-0.1, -0.05) is 165 Å². The molecule has 0 N–H and O–H groups in total. The van der Waals surface area contributed by atoms with E-state index in [0.717, 1.165) is 77.3 Å². The third kappa shape index (κ3) is 6.08. The van der Waals surface area contributed by atoms with E-state index in [4.69, 9.17) is 19.9 Å². The molecule has 1 aliphatic carbocycles. The lowest BCUT2D eigenvalue weighted by molar-refractivity contribution is 0.367. The van der Waals surface area contributed by atoms with E-state index in [0.29, 0.717) is 6.04 Å². The molecule has 3 aromatic heterocycles. The van der Waals surface area contributed by atoms with Crippen molar-refractivity contribution in [1.29, 1.82) is 0 Å². The molecule has 13 aromatic rings. The Morgan fingerprint density at radius 3 is 1.12 bits per heavy atom. The minimum Gasteiger partial charge on any atom is -0.337 e. The van der Waals surface area contributed by atoms with E-state index in [9.17, 15) is 0 Å². The molecule has 5 nitrogen and oxygen atoms in total. The zero-order valence-electron chi connectivity index (χ0n) is 36.8. The maximum Gasteiger partial charge on any atom is 0.0979 e. The summed E-state index contributed by atoms with van der Waals surface area (Å²) in [5.41, 5.74) is 14.9. The first kappa shape index (κ1) is 38.0. The van der Waals surface area contributed by atoms with Crippen molar-refractivity contribution in [3.05, 3.63) is 194 Å². The van der Waals surface area contributed by atoms with E-state index in [1.165, 1.54) is 86.6 Å². The quantitative estimate of drug-likeness (QED) is 0.162. The maximum absolute atomic E-state index is 5.33. The van der Waals surface area contributed by atoms with Crippen molar-refractivity contribution >= 4 is 87.0 Å². The molecule has 67 heavy (non-hydrogen) atoms. The van der Waals surface area contributed by atoms with Crippen LogP contribution in [0, 0.1) is 0 Å². The molecule has 0 unspecified atom stereocenters. The second-order valence-electron chi connectivity index (χ2n) is 18.4. The van der Waals surface area contributed by atoms with Crippen molar-refractivity contribution in [2.75, 3.05) is 0 Å². The second kappa shape index (κ2) is 15.1. The smallest absolute Gasteiger partial charge is 0.0979 e. The Hall–Kier alpha value is -8.28. The lowest BCUT2D eigenvalue weighted by Crippen LogP contribution is -2.12. The van der Waals surface area contributed by atoms with Crippen LogP contribution in [0.5, 0.6) is 0 Å². The van der Waals surface area contributed by atoms with Crippen molar-refractivity contribution in [1.82, 2.24) is 24.5 Å². The zero-order chi connectivity index (χ0) is 44.0. The summed E-state index contributed by atoms with van der Waals surface area (Å²) in [5, 5.41) is 11.9. The largest absolute Gasteiger partial charge is 0.337 e. The van der Waals surface area contributed by atoms with Gasteiger partial charge in [0.2, 0.25) is 0 Å². The molecule has 5 heteroatoms. The molecule has 1 saturated carbocycles. The molecule has 0 radical (unpaired) electrons. The summed E-state index contributed by atoms with van der Waals surface area (Å²) in [6.45, 7) is 0. The SMILES string of the molecule is c1cc(-c2ccc3c(c2)c2cc(-c4cccc(-c5cnc6c7ccccc7c7ccccc7c6n5)c4)ccc2n3C2CCCCC2)cc(-c2cnc3c4ccccc4c4ccccc4c3n2)c1. The van der Waals surface area contributed by atoms with E-state index in [1.807, 2.05) is 12.4 Å². The highest BCUT2D eigenvalue weighted by molar-refractivity contribution is 6.24. The van der Waals surface area contributed by atoms with Crippen LogP contribution in [0.25, 0.3) is 132 Å². The van der Waals surface area contributed by atoms with Crippen molar-refractivity contribution in [2.24, 2.45) is 0 Å². The molecule has 316 valence electrons. The second-order valence-corrected chi connectivity index (χ2v) is 18.4. The zero-order valence-corrected chi connectivity index (χ0v) is 36.8. The Morgan fingerprint density at radius 2 is 0.687 bits per heavy atom. The first-order chi connectivity index (χ1) is 33.2. The summed E-state index contributed by atoms with van der Waals surface area (Å²) in [7, 11) is 0. The minimum absolute atomic E-state index is 0.483. The molecule has 0 aliphatic heterocycles. The van der Waals surface area contributed by atoms with E-state index in [-0.39, 0.29) is 0 Å². The first-order valence-corrected chi connectivity index (χ1v) is 23.6. The summed E-state index contributed by atoms with van der Waals surface area (Å²) in [5.74, 6) is 0. The molecular formula is C62H43N5. The predicted molar refractivity (Wildman–Crippen MR) is 280 cm³/mol. The number of hydrogen-bond donors (Lipinski definition) is 0. The van der Waals surface area contributed by atoms with Crippen LogP contribution in [0.15, 0.2) is 194 Å². The van der Waals surface area contributed by atoms with Crippen LogP contribution in [0.4, 0.5) is 0 Å². The molecule has 1 aliphatic rings. The van der Waals surface area contributed by atoms with E-state index in [2.05, 4.69) is 187 Å². The van der Waals surface area contributed by atoms with Crippen molar-refractivity contribution in [2.45, 2.75) is 38.1 Å². The third-order valence-corrected chi connectivity index (χ3v) is 14.6. The van der Waals surface area contributed by atoms with Crippen LogP contribution in [-0.4, -0.2) is 24.5 Å². The minimum atomic E-state index is 0.483. The van der Waals surface area contributed by atoms with Crippen LogP contribution in [0.3, 0.4) is 0 Å². The number of nitrogens with zero attached hydrogens (tertiary/aromatic N) is 5. The number of fused-ring (bicyclic) bond motifs is 15. The fourth-order valence-electron chi connectivity index (χ4n) is 11.4. The van der Waals surface area contributed by atoms with Gasteiger partial charge in [0.1, 0.15) is 0 Å². The Labute approximate surface area is 387 Å². The molecule has 0 amide bonds. The van der Waals surface area contributed by atoms with Crippen LogP contribution in [0.2, 0.25) is 0 Å². The molecule has 14 rings (SSSR count). The van der Waals surface area contributed by atoms with Crippen LogP contribution >= 0.6 is 0 Å². The number of hydrogen-bond acceptors (Lipinski definition) is 4. The van der Waals surface area contributed by atoms with Crippen LogP contribution in [-0.2, 0) is 0 Å². The topological polar surface area (TPSA) is 56.5 Å². The lowest BCUT2D eigenvalue weighted by Gasteiger charge is -2.25. The average molecular weight is 858 g/mol. The highest BCUT2D eigenvalue weighted by Crippen LogP contribution is 2.42. The molecule has 1 fully saturated rings. The summed E-state index contributed by atoms with van der Waals surface area (Å²) in [6, 6.07) is 66.5. The van der Waals surface area contributed by atoms with Gasteiger partial charge in [-0.05, 0) is 93.0 Å². The van der Waals surface area contributed by atoms with Gasteiger partial charge in [-0.25, -0.2) is 9.97 Å². The monoisotopic (exact) mass is 857 g/mol. The predicted octanol–water partition coefficient (Wildman–Crippen LogP) is 16.5. The summed E-state index contributed by atoms with van der Waals surface area (Å²) >= 11 is 0. The normalized spacial score (nSPS) is 13.6. The maximum atomic E-state index is 5.33. The molecular weight excluding hydrogens is 815 g/mol. The van der Waals surface area contributed by atoms with E-state index < -0.39 is 0 Å². The van der Waals surface area contributed by atoms with Gasteiger partial charge in [0, 0.05) is 60.5 Å². The van der Waals surface area contributed by atoms with Crippen molar-refractivity contribution in [3.8, 4) is 44.8 Å². The molecule has 0 bridgehead atoms. The van der Waals surface area contributed by atoms with Gasteiger partial charge >= 0.3 is 0 Å². The number of aromatic nitrogens is 5. The Bertz CT molecular complexity index is 3830. The Balaban J connectivity index is 0.881. The van der Waals surface area contributed by atoms with E-state index >= 15 is 0 Å². The van der Waals surface area contributed by atoms with Gasteiger partial charge in [0.15, 0.2) is 0 Å². The molecule has 0 saturated heterocycles. The van der Waals surface area contributed by atoms with E-state index in [1.54, 1.807) is 0 Å².